The van der Waals surface area contributed by atoms with Crippen LogP contribution < -0.4 is 26.2 Å². The number of hydrogen-bond acceptors (Lipinski definition) is 2. The molecule has 0 radical (unpaired) electrons. The van der Waals surface area contributed by atoms with Gasteiger partial charge in [-0.2, -0.15) is 0 Å². The number of aryl methyl sites for hydroxylation is 1. The van der Waals surface area contributed by atoms with Gasteiger partial charge >= 0.3 is 0 Å². The van der Waals surface area contributed by atoms with Gasteiger partial charge in [0.2, 0.25) is 0 Å². The van der Waals surface area contributed by atoms with Gasteiger partial charge in [-0.3, -0.25) is 0 Å². The second-order valence-corrected chi connectivity index (χ2v) is 43.0. The van der Waals surface area contributed by atoms with Crippen molar-refractivity contribution in [1.29, 1.82) is 0 Å². The summed E-state index contributed by atoms with van der Waals surface area (Å²) in [4.78, 5) is 5.34. The predicted octanol–water partition coefficient (Wildman–Crippen LogP) is 32.4. The largest absolute Gasteiger partial charge is 0.342 e. The Bertz CT molecular complexity index is 8280. The summed E-state index contributed by atoms with van der Waals surface area (Å²) in [6, 6.07) is 140. The fourth-order valence-electron chi connectivity index (χ4n) is 22.7. The first-order chi connectivity index (χ1) is 69.5. The molecule has 139 heavy (non-hydrogen) atoms. The topological polar surface area (TPSA) is 21.3 Å². The molecule has 1 unspecified atom stereocenters. The number of anilines is 4. The van der Waals surface area contributed by atoms with Crippen LogP contribution in [-0.2, 0) is 53.9 Å². The molecule has 0 amide bonds. The van der Waals surface area contributed by atoms with E-state index in [2.05, 4.69) is 477 Å². The third-order valence-corrected chi connectivity index (χ3v) is 30.1. The van der Waals surface area contributed by atoms with Gasteiger partial charge in [-0.25, -0.2) is 0 Å². The van der Waals surface area contributed by atoms with Crippen LogP contribution >= 0.6 is 0 Å². The molecular formula is C133H120BN5. The first kappa shape index (κ1) is 82.3. The van der Waals surface area contributed by atoms with Crippen LogP contribution in [0.1, 0.15) is 158 Å². The molecule has 6 heteroatoms. The number of rotatable bonds is 21. The smallest absolute Gasteiger partial charge is 0.252 e. The van der Waals surface area contributed by atoms with Crippen molar-refractivity contribution in [2.75, 3.05) is 22.9 Å². The van der Waals surface area contributed by atoms with Crippen LogP contribution in [0, 0.1) is 0 Å². The van der Waals surface area contributed by atoms with Crippen molar-refractivity contribution in [2.45, 2.75) is 149 Å². The minimum absolute atomic E-state index is 0.0287. The Hall–Kier alpha value is -15.0. The fraction of sp³-hybridized carbons (Fsp3) is 0.188. The maximum absolute atomic E-state index is 9.83. The van der Waals surface area contributed by atoms with E-state index in [1.807, 2.05) is 6.07 Å². The van der Waals surface area contributed by atoms with Crippen LogP contribution in [-0.4, -0.2) is 33.5 Å². The van der Waals surface area contributed by atoms with Gasteiger partial charge in [0, 0.05) is 97.1 Å². The Kier molecular flexibility index (Phi) is 20.9. The van der Waals surface area contributed by atoms with E-state index in [9.17, 15) is 5.48 Å². The van der Waals surface area contributed by atoms with E-state index in [1.165, 1.54) is 165 Å². The van der Waals surface area contributed by atoms with Crippen LogP contribution in [0.2, 0.25) is 0 Å². The fourth-order valence-corrected chi connectivity index (χ4v) is 22.7. The lowest BCUT2D eigenvalue weighted by molar-refractivity contribution is 0.590. The molecule has 0 N–H and O–H groups in total. The van der Waals surface area contributed by atoms with E-state index in [1.54, 1.807) is 0 Å². The molecule has 680 valence electrons. The Morgan fingerprint density at radius 1 is 0.281 bits per heavy atom. The van der Waals surface area contributed by atoms with Gasteiger partial charge in [0.05, 0.1) is 28.9 Å². The Morgan fingerprint density at radius 2 is 0.647 bits per heavy atom. The molecule has 0 fully saturated rings. The molecule has 0 saturated carbocycles. The third-order valence-electron chi connectivity index (χ3n) is 30.1. The van der Waals surface area contributed by atoms with Crippen LogP contribution in [0.5, 0.6) is 0 Å². The van der Waals surface area contributed by atoms with E-state index in [0.717, 1.165) is 63.6 Å². The van der Waals surface area contributed by atoms with E-state index in [-0.39, 0.29) is 64.0 Å². The summed E-state index contributed by atoms with van der Waals surface area (Å²) in [5, 5.41) is 7.43. The highest BCUT2D eigenvalue weighted by atomic mass is 15.2. The highest BCUT2D eigenvalue weighted by Crippen LogP contribution is 2.48. The van der Waals surface area contributed by atoms with E-state index in [0.29, 0.717) is 44.5 Å². The van der Waals surface area contributed by atoms with Gasteiger partial charge in [-0.05, 0) is 284 Å². The summed E-state index contributed by atoms with van der Waals surface area (Å²) in [7, 11) is 0. The first-order valence-electron chi connectivity index (χ1n) is 52.4. The second-order valence-electron chi connectivity index (χ2n) is 43.0. The Morgan fingerprint density at radius 3 is 1.06 bits per heavy atom. The predicted molar refractivity (Wildman–Crippen MR) is 595 cm³/mol. The number of hydrogen-bond donors (Lipinski definition) is 0. The monoisotopic (exact) mass is 1800 g/mol. The normalized spacial score (nSPS) is 13.6. The van der Waals surface area contributed by atoms with Crippen molar-refractivity contribution in [3.05, 3.63) is 462 Å². The molecule has 21 aromatic rings. The molecular weight excluding hydrogens is 1680 g/mol. The first-order valence-corrected chi connectivity index (χ1v) is 49.9. The summed E-state index contributed by atoms with van der Waals surface area (Å²) in [6.07, 6.45) is 3.53. The maximum Gasteiger partial charge on any atom is 0.252 e. The van der Waals surface area contributed by atoms with Crippen molar-refractivity contribution in [3.8, 4) is 67.0 Å². The summed E-state index contributed by atoms with van der Waals surface area (Å²) < 4.78 is 54.7. The highest BCUT2D eigenvalue weighted by molar-refractivity contribution is 7.00. The second kappa shape index (κ2) is 35.2. The molecule has 2 aliphatic heterocycles. The molecule has 0 aliphatic carbocycles. The van der Waals surface area contributed by atoms with Gasteiger partial charge in [0.1, 0.15) is 0 Å². The molecule has 5 heterocycles. The molecule has 3 aromatic heterocycles. The van der Waals surface area contributed by atoms with Crippen molar-refractivity contribution in [1.82, 2.24) is 13.7 Å². The van der Waals surface area contributed by atoms with E-state index >= 15 is 0 Å². The molecule has 23 rings (SSSR count). The molecule has 2 aliphatic rings. The molecule has 1 atom stereocenters. The zero-order valence-electron chi connectivity index (χ0n) is 86.8. The average Bonchev–Trinajstić information content (AvgIpc) is 0.772. The van der Waals surface area contributed by atoms with Gasteiger partial charge in [-0.1, -0.05) is 392 Å². The minimum Gasteiger partial charge on any atom is -0.342 e. The molecule has 0 spiro atoms. The SMILES string of the molecule is [2H]c1c([2H])c([2H])c(-c2ccc3c(c2)N(CCc2c(-c4ccccc4)cc(C(C)(C)C)cc2-c2ccccc2)c2cc(CCC(Cc4ccc(-n5c6ccccc6c6ccccc65)cc4)c4ccc(-n5c6ccccc6c6ccccc65)cc4)cc4c2B3c2ccc(Cn3c5ccc(C(C)(C)C)cc5c5cc(C(C)(C)C)ccc53)cc2N4CCc2c(-c3ccccc3)cc(C(C)(C)C)cc2-c2ccccc2)c([2H])c1[2H]. The van der Waals surface area contributed by atoms with E-state index < -0.39 is 6.04 Å². The lowest BCUT2D eigenvalue weighted by atomic mass is 9.33. The lowest BCUT2D eigenvalue weighted by Crippen LogP contribution is -2.62. The van der Waals surface area contributed by atoms with Crippen molar-refractivity contribution < 1.29 is 6.85 Å². The van der Waals surface area contributed by atoms with Gasteiger partial charge in [-0.15, -0.1) is 0 Å². The zero-order valence-corrected chi connectivity index (χ0v) is 81.8. The van der Waals surface area contributed by atoms with Crippen molar-refractivity contribution in [3.63, 3.8) is 0 Å². The summed E-state index contributed by atoms with van der Waals surface area (Å²) in [6.45, 7) is 29.2. The van der Waals surface area contributed by atoms with E-state index in [4.69, 9.17) is 1.37 Å². The standard InChI is InChI=1S/C133H120BN5/c1-130(2,3)99-62-70-119-115(81-99)116-82-100(131(4,5)6)63-71-120(116)137(119)87-90-57-68-117-125(79-90)135(74-72-105-111(93-38-20-14-21-39-93)83-101(132(7,8)9)84-112(105)94-40-22-15-23-41-94)127-77-89(78-128-129(127)134(117)118-69-61-98(91-36-18-13-19-37-91)80-126(118)136(128)75-73-106-113(95-42-24-16-25-43-95)85-102(133(10,11)12)86-114(106)96-44-26-17-27-45-96)54-58-97(92-59-66-104(67-60-92)139-123-52-34-30-48-109(123)110-49-31-35-53-124(110)139)76-88-55-64-103(65-56-88)138-121-50-32-28-46-107(121)108-47-29-33-51-122(108)138/h13-53,55-57,59-71,77-86,97H,54,58,72-76,87H2,1-12H3/i13D,18D,19D,36D,37D. The summed E-state index contributed by atoms with van der Waals surface area (Å²) >= 11 is 0. The number of benzene rings is 18. The maximum atomic E-state index is 9.83. The molecule has 0 bridgehead atoms. The van der Waals surface area contributed by atoms with Crippen LogP contribution in [0.3, 0.4) is 0 Å². The number of aromatic nitrogens is 3. The average molecular weight is 1800 g/mol. The third kappa shape index (κ3) is 16.3. The van der Waals surface area contributed by atoms with Gasteiger partial charge < -0.3 is 23.5 Å². The summed E-state index contributed by atoms with van der Waals surface area (Å²) in [5.41, 5.74) is 39.2. The molecule has 0 saturated heterocycles. The number of nitrogens with zero attached hydrogens (tertiary/aromatic N) is 5. The quantitative estimate of drug-likeness (QED) is 0.0669. The van der Waals surface area contributed by atoms with Gasteiger partial charge in [0.25, 0.3) is 6.71 Å². The van der Waals surface area contributed by atoms with Crippen LogP contribution in [0.15, 0.2) is 406 Å². The Balaban J connectivity index is 0.766. The summed E-state index contributed by atoms with van der Waals surface area (Å²) in [5.74, 6) is 0.0287. The number of para-hydroxylation sites is 4. The highest BCUT2D eigenvalue weighted by Gasteiger charge is 2.44. The minimum atomic E-state index is -0.421. The number of fused-ring (bicyclic) bond motifs is 13. The van der Waals surface area contributed by atoms with Crippen molar-refractivity contribution in [2.24, 2.45) is 0 Å². The van der Waals surface area contributed by atoms with Crippen LogP contribution in [0.25, 0.3) is 132 Å². The Labute approximate surface area is 827 Å². The molecule has 18 aromatic carbocycles. The molecule has 5 nitrogen and oxygen atoms in total. The zero-order chi connectivity index (χ0) is 99.1. The lowest BCUT2D eigenvalue weighted by Gasteiger charge is -2.45. The van der Waals surface area contributed by atoms with Gasteiger partial charge in [0.15, 0.2) is 0 Å². The van der Waals surface area contributed by atoms with Crippen LogP contribution in [0.4, 0.5) is 22.7 Å². The van der Waals surface area contributed by atoms with Crippen molar-refractivity contribution >= 4 is 111 Å².